The molecule has 3 N–H and O–H groups in total. The molecule has 0 fully saturated rings. The van der Waals surface area contributed by atoms with Crippen molar-refractivity contribution in [2.45, 2.75) is 0 Å². The molecule has 0 aliphatic rings. The van der Waals surface area contributed by atoms with E-state index < -0.39 is 30.4 Å². The largest absolute Gasteiger partial charge is 0.316 e. The van der Waals surface area contributed by atoms with Crippen LogP contribution in [0.3, 0.4) is 0 Å². The lowest BCUT2D eigenvalue weighted by Crippen LogP contribution is -1.88. The molecule has 0 aromatic rings. The van der Waals surface area contributed by atoms with E-state index in [1.807, 2.05) is 0 Å². The van der Waals surface area contributed by atoms with Crippen LogP contribution in [0.1, 0.15) is 0 Å². The van der Waals surface area contributed by atoms with Crippen molar-refractivity contribution >= 4 is 53.4 Å². The van der Waals surface area contributed by atoms with E-state index in [2.05, 4.69) is 0 Å². The molecule has 13 heteroatoms. The van der Waals surface area contributed by atoms with Crippen LogP contribution in [0.4, 0.5) is 0 Å². The molecule has 0 radical (unpaired) electrons. The fourth-order valence-corrected chi connectivity index (χ4v) is 0. The van der Waals surface area contributed by atoms with Gasteiger partial charge in [-0.1, -0.05) is 0 Å². The van der Waals surface area contributed by atoms with Crippen LogP contribution in [-0.2, 0) is 30.4 Å². The standard InChI is InChI=1S/3CH4O3S.Mg.2H/c3*1-5(2,3)4;;;/h3*1H3,(H,2,3,4);;;. The average Bonchev–Trinajstić information content (AvgIpc) is 1.41. The maximum Gasteiger partial charge on any atom is 0.316 e. The summed E-state index contributed by atoms with van der Waals surface area (Å²) in [5, 5.41) is 0. The minimum absolute atomic E-state index is 0. The van der Waals surface area contributed by atoms with E-state index in [0.29, 0.717) is 18.8 Å². The van der Waals surface area contributed by atoms with Gasteiger partial charge in [0.05, 0.1) is 18.8 Å². The summed E-state index contributed by atoms with van der Waals surface area (Å²) in [5.74, 6) is 0. The molecule has 0 bridgehead atoms. The molecule has 0 saturated heterocycles. The van der Waals surface area contributed by atoms with Gasteiger partial charge in [-0.05, 0) is 0 Å². The summed E-state index contributed by atoms with van der Waals surface area (Å²) in [4.78, 5) is 0. The fraction of sp³-hybridized carbons (Fsp3) is 1.00. The van der Waals surface area contributed by atoms with E-state index in [9.17, 15) is 25.3 Å². The first-order valence-electron chi connectivity index (χ1n) is 2.77. The summed E-state index contributed by atoms with van der Waals surface area (Å²) in [7, 11) is -11.0. The van der Waals surface area contributed by atoms with E-state index in [0.717, 1.165) is 0 Å². The molecule has 0 aliphatic heterocycles. The van der Waals surface area contributed by atoms with Gasteiger partial charge in [-0.15, -0.1) is 0 Å². The maximum atomic E-state index is 9.19. The molecule has 0 unspecified atom stereocenters. The zero-order valence-electron chi connectivity index (χ0n) is 8.02. The lowest BCUT2D eigenvalue weighted by atomic mass is 12.0. The van der Waals surface area contributed by atoms with Crippen molar-refractivity contribution in [2.75, 3.05) is 18.8 Å². The van der Waals surface area contributed by atoms with E-state index >= 15 is 0 Å². The highest BCUT2D eigenvalue weighted by molar-refractivity contribution is 7.85. The summed E-state index contributed by atoms with van der Waals surface area (Å²) < 4.78 is 77.6. The minimum atomic E-state index is -3.67. The predicted octanol–water partition coefficient (Wildman–Crippen LogP) is -2.40. The van der Waals surface area contributed by atoms with Crippen LogP contribution in [0.2, 0.25) is 0 Å². The second-order valence-electron chi connectivity index (χ2n) is 2.20. The fourth-order valence-electron chi connectivity index (χ4n) is 0. The van der Waals surface area contributed by atoms with Crippen molar-refractivity contribution in [2.24, 2.45) is 0 Å². The second kappa shape index (κ2) is 9.52. The van der Waals surface area contributed by atoms with Crippen LogP contribution in [0.25, 0.3) is 0 Å². The Bertz CT molecular complexity index is 347. The minimum Gasteiger partial charge on any atom is -0.286 e. The summed E-state index contributed by atoms with van der Waals surface area (Å²) in [6.45, 7) is 0. The second-order valence-corrected chi connectivity index (χ2v) is 6.60. The third-order valence-corrected chi connectivity index (χ3v) is 0. The smallest absolute Gasteiger partial charge is 0.286 e. The van der Waals surface area contributed by atoms with Crippen molar-refractivity contribution in [3.8, 4) is 0 Å². The average molecular weight is 315 g/mol. The Labute approximate surface area is 111 Å². The van der Waals surface area contributed by atoms with Crippen molar-refractivity contribution < 1.29 is 38.9 Å². The van der Waals surface area contributed by atoms with Crippen LogP contribution < -0.4 is 0 Å². The Kier molecular flexibility index (Phi) is 15.1. The SMILES string of the molecule is CS(=O)(=O)O.CS(=O)(=O)O.CS(=O)(=O)O.[MgH2]. The van der Waals surface area contributed by atoms with Gasteiger partial charge in [0.2, 0.25) is 0 Å². The van der Waals surface area contributed by atoms with E-state index in [1.165, 1.54) is 0 Å². The first kappa shape index (κ1) is 25.4. The van der Waals surface area contributed by atoms with Crippen LogP contribution in [-0.4, -0.2) is 80.7 Å². The van der Waals surface area contributed by atoms with Gasteiger partial charge < -0.3 is 0 Å². The Balaban J connectivity index is -0.0000000655. The van der Waals surface area contributed by atoms with Crippen LogP contribution in [0.15, 0.2) is 0 Å². The highest BCUT2D eigenvalue weighted by Crippen LogP contribution is 1.61. The van der Waals surface area contributed by atoms with E-state index in [-0.39, 0.29) is 23.1 Å². The molecule has 0 amide bonds. The summed E-state index contributed by atoms with van der Waals surface area (Å²) in [6.07, 6.45) is 2.15. The molecule has 0 rings (SSSR count). The third-order valence-electron chi connectivity index (χ3n) is 0. The molecule has 0 heterocycles. The van der Waals surface area contributed by atoms with Gasteiger partial charge in [-0.25, -0.2) is 0 Å². The molecular formula is C3H14MgO9S3. The Morgan fingerprint density at radius 2 is 0.562 bits per heavy atom. The van der Waals surface area contributed by atoms with Crippen LogP contribution in [0.5, 0.6) is 0 Å². The van der Waals surface area contributed by atoms with Gasteiger partial charge in [0.25, 0.3) is 30.4 Å². The van der Waals surface area contributed by atoms with Crippen molar-refractivity contribution in [3.63, 3.8) is 0 Å². The number of hydrogen-bond donors (Lipinski definition) is 3. The molecule has 9 nitrogen and oxygen atoms in total. The molecule has 0 spiro atoms. The Hall–Kier alpha value is 0.496. The molecule has 0 saturated carbocycles. The molecule has 16 heavy (non-hydrogen) atoms. The van der Waals surface area contributed by atoms with Gasteiger partial charge in [-0.2, -0.15) is 25.3 Å². The molecule has 0 aromatic carbocycles. The highest BCUT2D eigenvalue weighted by atomic mass is 32.2. The van der Waals surface area contributed by atoms with Gasteiger partial charge >= 0.3 is 23.1 Å². The highest BCUT2D eigenvalue weighted by Gasteiger charge is 1.82. The van der Waals surface area contributed by atoms with E-state index in [4.69, 9.17) is 13.7 Å². The van der Waals surface area contributed by atoms with Crippen molar-refractivity contribution in [1.29, 1.82) is 0 Å². The lowest BCUT2D eigenvalue weighted by molar-refractivity contribution is 0.488. The third kappa shape index (κ3) is 10700. The zero-order valence-corrected chi connectivity index (χ0v) is 10.5. The summed E-state index contributed by atoms with van der Waals surface area (Å²) in [6, 6.07) is 0. The van der Waals surface area contributed by atoms with Gasteiger partial charge in [0.1, 0.15) is 0 Å². The molecule has 100 valence electrons. The van der Waals surface area contributed by atoms with Gasteiger partial charge in [0, 0.05) is 0 Å². The van der Waals surface area contributed by atoms with Gasteiger partial charge in [-0.3, -0.25) is 13.7 Å². The molecule has 0 aliphatic carbocycles. The number of rotatable bonds is 0. The van der Waals surface area contributed by atoms with Crippen molar-refractivity contribution in [3.05, 3.63) is 0 Å². The van der Waals surface area contributed by atoms with Gasteiger partial charge in [0.15, 0.2) is 0 Å². The summed E-state index contributed by atoms with van der Waals surface area (Å²) in [5.41, 5.74) is 0. The lowest BCUT2D eigenvalue weighted by Gasteiger charge is -1.69. The van der Waals surface area contributed by atoms with Crippen LogP contribution in [0, 0.1) is 0 Å². The quantitative estimate of drug-likeness (QED) is 0.326. The monoisotopic (exact) mass is 314 g/mol. The zero-order chi connectivity index (χ0) is 13.5. The normalized spacial score (nSPS) is 10.9. The topological polar surface area (TPSA) is 163 Å². The first-order chi connectivity index (χ1) is 6.00. The van der Waals surface area contributed by atoms with E-state index in [1.54, 1.807) is 0 Å². The Morgan fingerprint density at radius 1 is 0.562 bits per heavy atom. The predicted molar refractivity (Wildman–Crippen MR) is 61.0 cm³/mol. The Morgan fingerprint density at radius 3 is 0.562 bits per heavy atom. The van der Waals surface area contributed by atoms with Crippen LogP contribution >= 0.6 is 0 Å². The van der Waals surface area contributed by atoms with Crippen molar-refractivity contribution in [1.82, 2.24) is 0 Å². The molecule has 0 atom stereocenters. The first-order valence-corrected chi connectivity index (χ1v) is 8.32. The maximum absolute atomic E-state index is 9.19. The number of hydrogen-bond acceptors (Lipinski definition) is 6. The summed E-state index contributed by atoms with van der Waals surface area (Å²) >= 11 is 0. The molecule has 0 aromatic heterocycles. The molecular weight excluding hydrogens is 301 g/mol.